The first-order chi connectivity index (χ1) is 18.1. The van der Waals surface area contributed by atoms with Gasteiger partial charge in [0, 0.05) is 34.3 Å². The summed E-state index contributed by atoms with van der Waals surface area (Å²) in [6.07, 6.45) is 6.82. The third kappa shape index (κ3) is 7.29. The number of thioether (sulfide) groups is 1. The van der Waals surface area contributed by atoms with E-state index in [4.69, 9.17) is 9.47 Å². The monoisotopic (exact) mass is 622 g/mol. The van der Waals surface area contributed by atoms with Crippen LogP contribution >= 0.6 is 40.1 Å². The van der Waals surface area contributed by atoms with Crippen LogP contribution in [-0.4, -0.2) is 48.8 Å². The van der Waals surface area contributed by atoms with Crippen molar-refractivity contribution in [1.29, 1.82) is 0 Å². The largest absolute Gasteiger partial charge is 0.496 e. The Hall–Kier alpha value is -1.67. The van der Waals surface area contributed by atoms with Crippen molar-refractivity contribution in [2.24, 2.45) is 0 Å². The fourth-order valence-electron chi connectivity index (χ4n) is 5.38. The third-order valence-corrected chi connectivity index (χ3v) is 9.03. The number of benzene rings is 2. The number of carbonyl (C=O) groups excluding carboxylic acids is 1. The number of halogens is 2. The molecule has 1 heterocycles. The van der Waals surface area contributed by atoms with Gasteiger partial charge in [0.15, 0.2) is 0 Å². The molecule has 0 bridgehead atoms. The molecule has 0 N–H and O–H groups in total. The highest BCUT2D eigenvalue weighted by Gasteiger charge is 2.29. The average Bonchev–Trinajstić information content (AvgIpc) is 3.25. The van der Waals surface area contributed by atoms with E-state index in [1.807, 2.05) is 12.1 Å². The van der Waals surface area contributed by atoms with Crippen molar-refractivity contribution in [3.63, 3.8) is 0 Å². The van der Waals surface area contributed by atoms with Gasteiger partial charge in [-0.3, -0.25) is 0 Å². The minimum Gasteiger partial charge on any atom is -0.496 e. The molecule has 0 radical (unpaired) electrons. The Bertz CT molecular complexity index is 1180. The van der Waals surface area contributed by atoms with Crippen LogP contribution in [0.3, 0.4) is 0 Å². The molecule has 0 aliphatic heterocycles. The predicted octanol–water partition coefficient (Wildman–Crippen LogP) is 8.52. The maximum absolute atomic E-state index is 13.7. The summed E-state index contributed by atoms with van der Waals surface area (Å²) in [6, 6.07) is 14.9. The summed E-state index contributed by atoms with van der Waals surface area (Å²) in [4.78, 5) is 17.3. The van der Waals surface area contributed by atoms with Crippen molar-refractivity contribution < 1.29 is 14.3 Å². The van der Waals surface area contributed by atoms with Crippen LogP contribution in [0.25, 0.3) is 10.9 Å². The minimum atomic E-state index is -0.229. The Kier molecular flexibility index (Phi) is 12.4. The van der Waals surface area contributed by atoms with E-state index in [1.165, 1.54) is 24.2 Å². The quantitative estimate of drug-likeness (QED) is 0.115. The molecule has 0 spiro atoms. The summed E-state index contributed by atoms with van der Waals surface area (Å²) in [6.45, 7) is 7.70. The van der Waals surface area contributed by atoms with Gasteiger partial charge in [-0.2, -0.15) is 0 Å². The van der Waals surface area contributed by atoms with E-state index >= 15 is 0 Å². The first-order valence-electron chi connectivity index (χ1n) is 13.5. The van der Waals surface area contributed by atoms with E-state index < -0.39 is 0 Å². The number of hydrogen-bond donors (Lipinski definition) is 0. The first kappa shape index (κ1) is 30.9. The number of ether oxygens (including phenoxy) is 2. The fraction of sp³-hybridized carbons (Fsp3) is 0.500. The van der Waals surface area contributed by atoms with Crippen LogP contribution in [0.15, 0.2) is 51.8 Å². The molecule has 1 aromatic heterocycles. The Labute approximate surface area is 246 Å². The number of esters is 1. The highest BCUT2D eigenvalue weighted by atomic mass is 79.9. The zero-order valence-corrected chi connectivity index (χ0v) is 25.9. The van der Waals surface area contributed by atoms with Crippen molar-refractivity contribution in [3.05, 3.63) is 58.2 Å². The van der Waals surface area contributed by atoms with Crippen molar-refractivity contribution in [1.82, 2.24) is 9.47 Å². The first-order valence-corrected chi connectivity index (χ1v) is 15.3. The summed E-state index contributed by atoms with van der Waals surface area (Å²) < 4.78 is 14.9. The Morgan fingerprint density at radius 1 is 1.11 bits per heavy atom. The van der Waals surface area contributed by atoms with Crippen LogP contribution in [0.2, 0.25) is 0 Å². The van der Waals surface area contributed by atoms with Crippen molar-refractivity contribution in [3.8, 4) is 5.75 Å². The maximum Gasteiger partial charge on any atom is 0.340 e. The van der Waals surface area contributed by atoms with Crippen molar-refractivity contribution >= 4 is 57.0 Å². The van der Waals surface area contributed by atoms with Crippen molar-refractivity contribution in [2.45, 2.75) is 69.1 Å². The highest BCUT2D eigenvalue weighted by Crippen LogP contribution is 2.42. The zero-order valence-electron chi connectivity index (χ0n) is 22.7. The van der Waals surface area contributed by atoms with Crippen LogP contribution in [0.5, 0.6) is 5.75 Å². The van der Waals surface area contributed by atoms with Crippen LogP contribution in [0, 0.1) is 0 Å². The maximum atomic E-state index is 13.7. The van der Waals surface area contributed by atoms with E-state index in [9.17, 15) is 4.79 Å². The molecule has 0 amide bonds. The number of nitrogens with zero attached hydrogens (tertiary/aromatic N) is 2. The van der Waals surface area contributed by atoms with Crippen LogP contribution in [0.4, 0.5) is 0 Å². The van der Waals surface area contributed by atoms with E-state index in [-0.39, 0.29) is 18.4 Å². The predicted molar refractivity (Wildman–Crippen MR) is 164 cm³/mol. The van der Waals surface area contributed by atoms with Gasteiger partial charge in [-0.1, -0.05) is 51.3 Å². The molecule has 38 heavy (non-hydrogen) atoms. The summed E-state index contributed by atoms with van der Waals surface area (Å²) in [7, 11) is 1.67. The molecule has 1 aliphatic rings. The molecular weight excluding hydrogens is 584 g/mol. The molecule has 0 saturated heterocycles. The van der Waals surface area contributed by atoms with Gasteiger partial charge in [0.1, 0.15) is 5.75 Å². The summed E-state index contributed by atoms with van der Waals surface area (Å²) in [5.41, 5.74) is 2.83. The smallest absolute Gasteiger partial charge is 0.340 e. The SMILES string of the molecule is CCN(CC)CCCOC(=O)c1c(CSc2ccccc2)n(C2CCCCC2)c2cc(Br)c(OC)cc12.Cl. The number of rotatable bonds is 12. The molecule has 1 fully saturated rings. The standard InChI is InChI=1S/C30H39BrN2O3S.ClH/c1-4-32(5-2)17-12-18-36-30(34)29-24-19-28(35-3)25(31)20-26(24)33(22-13-8-6-9-14-22)27(29)21-37-23-15-10-7-11-16-23;/h7,10-11,15-16,19-20,22H,4-6,8-9,12-14,17-18,21H2,1-3H3;1H. The van der Waals surface area contributed by atoms with E-state index in [1.54, 1.807) is 18.9 Å². The van der Waals surface area contributed by atoms with Gasteiger partial charge in [-0.15, -0.1) is 24.2 Å². The summed E-state index contributed by atoms with van der Waals surface area (Å²) in [5, 5.41) is 0.919. The van der Waals surface area contributed by atoms with Crippen LogP contribution in [0.1, 0.15) is 74.5 Å². The molecule has 208 valence electrons. The number of carbonyl (C=O) groups is 1. The lowest BCUT2D eigenvalue weighted by atomic mass is 9.95. The van der Waals surface area contributed by atoms with Crippen LogP contribution < -0.4 is 4.74 Å². The number of aromatic nitrogens is 1. The van der Waals surface area contributed by atoms with E-state index in [0.29, 0.717) is 24.0 Å². The van der Waals surface area contributed by atoms with Gasteiger partial charge < -0.3 is 18.9 Å². The Morgan fingerprint density at radius 3 is 2.47 bits per heavy atom. The number of methoxy groups -OCH3 is 1. The topological polar surface area (TPSA) is 43.7 Å². The van der Waals surface area contributed by atoms with Gasteiger partial charge >= 0.3 is 5.97 Å². The molecule has 2 aromatic carbocycles. The minimum absolute atomic E-state index is 0. The second kappa shape index (κ2) is 15.2. The molecule has 1 saturated carbocycles. The second-order valence-corrected chi connectivity index (χ2v) is 11.5. The zero-order chi connectivity index (χ0) is 26.2. The average molecular weight is 624 g/mol. The lowest BCUT2D eigenvalue weighted by Gasteiger charge is -2.27. The molecule has 8 heteroatoms. The molecule has 4 rings (SSSR count). The Morgan fingerprint density at radius 2 is 1.82 bits per heavy atom. The van der Waals surface area contributed by atoms with E-state index in [0.717, 1.165) is 65.7 Å². The van der Waals surface area contributed by atoms with Gasteiger partial charge in [0.25, 0.3) is 0 Å². The number of hydrogen-bond acceptors (Lipinski definition) is 5. The third-order valence-electron chi connectivity index (χ3n) is 7.39. The second-order valence-electron chi connectivity index (χ2n) is 9.61. The molecular formula is C30H40BrClN2O3S. The van der Waals surface area contributed by atoms with Crippen LogP contribution in [-0.2, 0) is 10.5 Å². The fourth-order valence-corrected chi connectivity index (χ4v) is 6.81. The lowest BCUT2D eigenvalue weighted by Crippen LogP contribution is -2.25. The molecule has 5 nitrogen and oxygen atoms in total. The summed E-state index contributed by atoms with van der Waals surface area (Å²) >= 11 is 5.47. The molecule has 0 unspecified atom stereocenters. The lowest BCUT2D eigenvalue weighted by molar-refractivity contribution is 0.0490. The normalized spacial score (nSPS) is 14.0. The molecule has 3 aromatic rings. The molecule has 0 atom stereocenters. The van der Waals surface area contributed by atoms with Gasteiger partial charge in [-0.25, -0.2) is 4.79 Å². The molecule has 1 aliphatic carbocycles. The Balaban J connectivity index is 0.00000400. The van der Waals surface area contributed by atoms with Gasteiger partial charge in [0.2, 0.25) is 0 Å². The van der Waals surface area contributed by atoms with Gasteiger partial charge in [-0.05, 0) is 72.5 Å². The van der Waals surface area contributed by atoms with Crippen molar-refractivity contribution in [2.75, 3.05) is 33.4 Å². The highest BCUT2D eigenvalue weighted by molar-refractivity contribution is 9.10. The van der Waals surface area contributed by atoms with E-state index in [2.05, 4.69) is 69.6 Å². The van der Waals surface area contributed by atoms with Gasteiger partial charge in [0.05, 0.1) is 29.3 Å². The number of fused-ring (bicyclic) bond motifs is 1. The summed E-state index contributed by atoms with van der Waals surface area (Å²) in [5.74, 6) is 1.21.